The first-order valence-corrected chi connectivity index (χ1v) is 14.5. The average Bonchev–Trinajstić information content (AvgIpc) is 3.08. The Bertz CT molecular complexity index is 954. The molecule has 2 aliphatic rings. The number of cyclic esters (lactones) is 1. The van der Waals surface area contributed by atoms with Crippen molar-refractivity contribution in [1.29, 1.82) is 0 Å². The van der Waals surface area contributed by atoms with Gasteiger partial charge in [-0.25, -0.2) is 4.79 Å². The number of benzene rings is 1. The summed E-state index contributed by atoms with van der Waals surface area (Å²) in [6.45, 7) is 6.90. The molecule has 1 amide bonds. The van der Waals surface area contributed by atoms with Crippen LogP contribution in [-0.4, -0.2) is 49.4 Å². The van der Waals surface area contributed by atoms with Crippen molar-refractivity contribution < 1.29 is 14.3 Å². The fourth-order valence-corrected chi connectivity index (χ4v) is 7.04. The van der Waals surface area contributed by atoms with E-state index in [4.69, 9.17) is 4.74 Å². The van der Waals surface area contributed by atoms with Crippen LogP contribution in [0.1, 0.15) is 85.0 Å². The van der Waals surface area contributed by atoms with E-state index in [9.17, 15) is 9.59 Å². The van der Waals surface area contributed by atoms with Gasteiger partial charge < -0.3 is 15.0 Å². The number of hydrogen-bond donors (Lipinski definition) is 1. The van der Waals surface area contributed by atoms with Crippen LogP contribution >= 0.6 is 11.8 Å². The summed E-state index contributed by atoms with van der Waals surface area (Å²) in [5.74, 6) is 2.52. The number of rotatable bonds is 10. The molecule has 5 nitrogen and oxygen atoms in total. The lowest BCUT2D eigenvalue weighted by atomic mass is 9.80. The summed E-state index contributed by atoms with van der Waals surface area (Å²) in [6.07, 6.45) is 10.7. The minimum absolute atomic E-state index is 0.0413. The number of allylic oxidation sites excluding steroid dienone is 2. The molecule has 1 aromatic carbocycles. The summed E-state index contributed by atoms with van der Waals surface area (Å²) in [7, 11) is 5.68. The first-order chi connectivity index (χ1) is 16.8. The monoisotopic (exact) mass is 500 g/mol. The minimum atomic E-state index is -0.222. The zero-order valence-electron chi connectivity index (χ0n) is 22.6. The second-order valence-corrected chi connectivity index (χ2v) is 11.2. The highest BCUT2D eigenvalue weighted by atomic mass is 32.2. The number of fused-ring (bicyclic) bond motifs is 1. The number of nitrogens with zero attached hydrogens (tertiary/aromatic N) is 1. The van der Waals surface area contributed by atoms with E-state index >= 15 is 0 Å². The number of carbonyl (C=O) groups excluding carboxylic acids is 2. The number of ether oxygens (including phenoxy) is 1. The van der Waals surface area contributed by atoms with Crippen molar-refractivity contribution in [3.8, 4) is 0 Å². The minimum Gasteiger partial charge on any atom is -0.457 e. The Morgan fingerprint density at radius 3 is 2.69 bits per heavy atom. The molecule has 1 N–H and O–H groups in total. The Balaban J connectivity index is 2.01. The molecule has 3 rings (SSSR count). The highest BCUT2D eigenvalue weighted by Crippen LogP contribution is 2.39. The molecule has 0 bridgehead atoms. The van der Waals surface area contributed by atoms with Gasteiger partial charge in [-0.1, -0.05) is 44.8 Å². The maximum Gasteiger partial charge on any atom is 0.341 e. The molecule has 194 valence electrons. The Morgan fingerprint density at radius 2 is 2.03 bits per heavy atom. The van der Waals surface area contributed by atoms with Gasteiger partial charge in [0.05, 0.1) is 11.3 Å². The van der Waals surface area contributed by atoms with Crippen molar-refractivity contribution in [3.63, 3.8) is 0 Å². The predicted octanol–water partition coefficient (Wildman–Crippen LogP) is 6.17. The van der Waals surface area contributed by atoms with Gasteiger partial charge in [-0.3, -0.25) is 4.79 Å². The van der Waals surface area contributed by atoms with Crippen LogP contribution in [0.25, 0.3) is 0 Å². The Morgan fingerprint density at radius 1 is 1.26 bits per heavy atom. The fraction of sp³-hybridized carbons (Fsp3) is 0.655. The molecule has 6 heteroatoms. The molecular formula is C29H44N2O3S. The second kappa shape index (κ2) is 12.8. The molecule has 35 heavy (non-hydrogen) atoms. The van der Waals surface area contributed by atoms with Gasteiger partial charge in [0, 0.05) is 44.3 Å². The van der Waals surface area contributed by atoms with Gasteiger partial charge in [0.15, 0.2) is 0 Å². The van der Waals surface area contributed by atoms with E-state index in [1.165, 1.54) is 28.7 Å². The van der Waals surface area contributed by atoms with Gasteiger partial charge in [-0.2, -0.15) is 11.8 Å². The molecule has 1 aromatic rings. The van der Waals surface area contributed by atoms with Crippen LogP contribution < -0.4 is 5.32 Å². The topological polar surface area (TPSA) is 58.6 Å². The third kappa shape index (κ3) is 6.07. The average molecular weight is 501 g/mol. The maximum absolute atomic E-state index is 13.3. The van der Waals surface area contributed by atoms with Crippen LogP contribution in [0.2, 0.25) is 0 Å². The molecule has 0 spiro atoms. The number of amides is 1. The number of esters is 1. The van der Waals surface area contributed by atoms with Crippen molar-refractivity contribution >= 4 is 29.3 Å². The number of thioether (sulfide) groups is 1. The summed E-state index contributed by atoms with van der Waals surface area (Å²) in [4.78, 5) is 27.7. The van der Waals surface area contributed by atoms with Gasteiger partial charge in [-0.05, 0) is 61.5 Å². The number of unbranched alkanes of at least 4 members (excludes halogenated alkanes) is 2. The van der Waals surface area contributed by atoms with Gasteiger partial charge >= 0.3 is 5.97 Å². The lowest BCUT2D eigenvalue weighted by Crippen LogP contribution is -2.36. The molecule has 1 fully saturated rings. The van der Waals surface area contributed by atoms with Crippen molar-refractivity contribution in [3.05, 3.63) is 39.5 Å². The van der Waals surface area contributed by atoms with E-state index in [0.29, 0.717) is 12.2 Å². The Labute approximate surface area is 216 Å². The van der Waals surface area contributed by atoms with Crippen LogP contribution in [0.15, 0.2) is 11.6 Å². The summed E-state index contributed by atoms with van der Waals surface area (Å²) < 4.78 is 5.42. The summed E-state index contributed by atoms with van der Waals surface area (Å²) in [5, 5.41) is 3.33. The third-order valence-electron chi connectivity index (χ3n) is 7.74. The summed E-state index contributed by atoms with van der Waals surface area (Å²) >= 11 is 2.00. The zero-order chi connectivity index (χ0) is 25.5. The summed E-state index contributed by atoms with van der Waals surface area (Å²) in [6, 6.07) is 0. The van der Waals surface area contributed by atoms with Crippen molar-refractivity contribution in [2.75, 3.05) is 38.0 Å². The van der Waals surface area contributed by atoms with Gasteiger partial charge in [-0.15, -0.1) is 0 Å². The van der Waals surface area contributed by atoms with Gasteiger partial charge in [0.1, 0.15) is 6.61 Å². The number of hydrogen-bond acceptors (Lipinski definition) is 5. The first-order valence-electron chi connectivity index (χ1n) is 13.3. The maximum atomic E-state index is 13.3. The van der Waals surface area contributed by atoms with Crippen molar-refractivity contribution in [2.45, 2.75) is 78.7 Å². The van der Waals surface area contributed by atoms with Crippen LogP contribution in [-0.2, 0) is 29.0 Å². The normalized spacial score (nSPS) is 19.8. The van der Waals surface area contributed by atoms with Crippen molar-refractivity contribution in [1.82, 2.24) is 4.90 Å². The van der Waals surface area contributed by atoms with E-state index in [0.717, 1.165) is 67.7 Å². The third-order valence-corrected chi connectivity index (χ3v) is 8.91. The fourth-order valence-electron chi connectivity index (χ4n) is 5.83. The van der Waals surface area contributed by atoms with Crippen LogP contribution in [0.4, 0.5) is 5.69 Å². The highest BCUT2D eigenvalue weighted by molar-refractivity contribution is 7.99. The van der Waals surface area contributed by atoms with E-state index in [2.05, 4.69) is 32.2 Å². The lowest BCUT2D eigenvalue weighted by molar-refractivity contribution is -0.134. The molecule has 0 aliphatic carbocycles. The Hall–Kier alpha value is -1.95. The molecule has 2 heterocycles. The smallest absolute Gasteiger partial charge is 0.341 e. The molecule has 0 saturated carbocycles. The highest BCUT2D eigenvalue weighted by Gasteiger charge is 2.33. The zero-order valence-corrected chi connectivity index (χ0v) is 23.4. The molecule has 2 unspecified atom stereocenters. The molecule has 0 radical (unpaired) electrons. The molecule has 2 aliphatic heterocycles. The van der Waals surface area contributed by atoms with E-state index in [1.54, 1.807) is 4.90 Å². The first kappa shape index (κ1) is 27.6. The molecule has 2 atom stereocenters. The predicted molar refractivity (Wildman–Crippen MR) is 147 cm³/mol. The molecule has 0 aromatic heterocycles. The van der Waals surface area contributed by atoms with Gasteiger partial charge in [0.2, 0.25) is 5.91 Å². The van der Waals surface area contributed by atoms with Crippen molar-refractivity contribution in [2.24, 2.45) is 11.8 Å². The Kier molecular flexibility index (Phi) is 10.1. The standard InChI is InChI=1S/C29H44N2O3S/c1-7-9-10-13-23(28(32)31(5)6)25-18-35-16-11-12-20(25)14-15-22-21(8-2)19(3)24-17-34-29(33)26(24)27(22)30-4/h14,23,25,30H,7-13,15-18H2,1-6H3/b20-14+. The number of nitrogens with one attached hydrogen (secondary N) is 1. The van der Waals surface area contributed by atoms with Crippen LogP contribution in [0, 0.1) is 18.8 Å². The SMILES string of the molecule is CCCCCC(C(=O)N(C)C)C1CSCCC/C1=C\Cc1c(CC)c(C)c2c(c1NC)C(=O)OC2. The lowest BCUT2D eigenvalue weighted by Gasteiger charge is -2.30. The van der Waals surface area contributed by atoms with E-state index < -0.39 is 0 Å². The number of carbonyl (C=O) groups is 2. The van der Waals surface area contributed by atoms with E-state index in [1.807, 2.05) is 32.9 Å². The molecule has 1 saturated heterocycles. The summed E-state index contributed by atoms with van der Waals surface area (Å²) in [5.41, 5.74) is 7.80. The quantitative estimate of drug-likeness (QED) is 0.237. The largest absolute Gasteiger partial charge is 0.457 e. The second-order valence-electron chi connectivity index (χ2n) is 10.1. The van der Waals surface area contributed by atoms with Crippen LogP contribution in [0.5, 0.6) is 0 Å². The molecular weight excluding hydrogens is 456 g/mol. The van der Waals surface area contributed by atoms with Gasteiger partial charge in [0.25, 0.3) is 0 Å². The van der Waals surface area contributed by atoms with Crippen LogP contribution in [0.3, 0.4) is 0 Å². The van der Waals surface area contributed by atoms with E-state index in [-0.39, 0.29) is 23.7 Å². The number of anilines is 1.